The van der Waals surface area contributed by atoms with E-state index < -0.39 is 5.89 Å². The minimum absolute atomic E-state index is 0.0903. The van der Waals surface area contributed by atoms with Crippen molar-refractivity contribution in [3.05, 3.63) is 0 Å². The molecular formula is C5H10O. The SMILES string of the molecule is [2H]C(C)(C)C(C)=O. The predicted octanol–water partition coefficient (Wildman–Crippen LogP) is 1.23. The quantitative estimate of drug-likeness (QED) is 0.470. The zero-order chi connectivity index (χ0) is 6.08. The summed E-state index contributed by atoms with van der Waals surface area (Å²) in [7, 11) is 0. The Kier molecular flexibility index (Phi) is 1.25. The minimum Gasteiger partial charge on any atom is -0.300 e. The summed E-state index contributed by atoms with van der Waals surface area (Å²) in [5.74, 6) is -0.979. The molecule has 0 fully saturated rings. The Balaban J connectivity index is 3.79. The Morgan fingerprint density at radius 3 is 2.00 bits per heavy atom. The Hall–Kier alpha value is -0.330. The Bertz CT molecular complexity index is 80.6. The summed E-state index contributed by atoms with van der Waals surface area (Å²) in [4.78, 5) is 10.3. The molecule has 0 bridgehead atoms. The molecule has 0 amide bonds. The molecule has 0 N–H and O–H groups in total. The topological polar surface area (TPSA) is 17.1 Å². The summed E-state index contributed by atoms with van der Waals surface area (Å²) in [6, 6.07) is 0. The molecule has 36 valence electrons. The fourth-order valence-electron chi connectivity index (χ4n) is 0. The highest BCUT2D eigenvalue weighted by molar-refractivity contribution is 5.77. The highest BCUT2D eigenvalue weighted by Crippen LogP contribution is 1.89. The number of hydrogen-bond donors (Lipinski definition) is 0. The van der Waals surface area contributed by atoms with E-state index in [0.29, 0.717) is 0 Å². The van der Waals surface area contributed by atoms with Crippen LogP contribution in [0.25, 0.3) is 0 Å². The summed E-state index contributed by atoms with van der Waals surface area (Å²) < 4.78 is 7.04. The van der Waals surface area contributed by atoms with Crippen molar-refractivity contribution >= 4 is 5.78 Å². The molecule has 0 aromatic rings. The molecule has 1 nitrogen and oxygen atoms in total. The van der Waals surface area contributed by atoms with Gasteiger partial charge in [-0.25, -0.2) is 0 Å². The summed E-state index contributed by atoms with van der Waals surface area (Å²) in [5, 5.41) is 0. The maximum absolute atomic E-state index is 10.3. The molecule has 0 saturated heterocycles. The molecule has 0 atom stereocenters. The van der Waals surface area contributed by atoms with Crippen molar-refractivity contribution in [1.82, 2.24) is 0 Å². The molecule has 0 spiro atoms. The number of carbonyl (C=O) groups excluding carboxylic acids is 1. The van der Waals surface area contributed by atoms with E-state index in [-0.39, 0.29) is 5.78 Å². The lowest BCUT2D eigenvalue weighted by atomic mass is 10.1. The average Bonchev–Trinajstić information content (AvgIpc) is 1.31. The van der Waals surface area contributed by atoms with Crippen LogP contribution in [0.5, 0.6) is 0 Å². The van der Waals surface area contributed by atoms with Gasteiger partial charge in [-0.15, -0.1) is 0 Å². The number of ketones is 1. The maximum Gasteiger partial charge on any atom is 0.132 e. The predicted molar refractivity (Wildman–Crippen MR) is 25.5 cm³/mol. The standard InChI is InChI=1S/C5H10O/c1-4(2)5(3)6/h4H,1-3H3/i4D. The van der Waals surface area contributed by atoms with Crippen LogP contribution < -0.4 is 0 Å². The van der Waals surface area contributed by atoms with Gasteiger partial charge in [0.1, 0.15) is 5.78 Å². The molecule has 0 aliphatic heterocycles. The highest BCUT2D eigenvalue weighted by atomic mass is 16.1. The van der Waals surface area contributed by atoms with E-state index in [1.54, 1.807) is 13.8 Å². The van der Waals surface area contributed by atoms with Crippen molar-refractivity contribution in [1.29, 1.82) is 0 Å². The molecule has 0 aliphatic rings. The molecule has 0 rings (SSSR count). The number of carbonyl (C=O) groups is 1. The second-order valence-corrected chi connectivity index (χ2v) is 1.56. The lowest BCUT2D eigenvalue weighted by Crippen LogP contribution is -1.98. The number of Topliss-reactive ketones (excluding diaryl/α,β-unsaturated/α-hetero) is 1. The zero-order valence-corrected chi connectivity index (χ0v) is 4.41. The van der Waals surface area contributed by atoms with Gasteiger partial charge < -0.3 is 0 Å². The van der Waals surface area contributed by atoms with Gasteiger partial charge in [0.25, 0.3) is 0 Å². The van der Waals surface area contributed by atoms with Gasteiger partial charge in [-0.05, 0) is 6.92 Å². The highest BCUT2D eigenvalue weighted by Gasteiger charge is 1.94. The van der Waals surface area contributed by atoms with Crippen LogP contribution in [0.1, 0.15) is 22.1 Å². The molecule has 0 saturated carbocycles. The van der Waals surface area contributed by atoms with Crippen molar-refractivity contribution in [3.8, 4) is 0 Å². The first kappa shape index (κ1) is 3.85. The smallest absolute Gasteiger partial charge is 0.132 e. The first-order valence-corrected chi connectivity index (χ1v) is 1.95. The van der Waals surface area contributed by atoms with Gasteiger partial charge in [0.2, 0.25) is 0 Å². The Morgan fingerprint density at radius 2 is 2.00 bits per heavy atom. The van der Waals surface area contributed by atoms with Gasteiger partial charge in [-0.2, -0.15) is 0 Å². The van der Waals surface area contributed by atoms with Crippen molar-refractivity contribution < 1.29 is 6.17 Å². The third kappa shape index (κ3) is 1.94. The summed E-state index contributed by atoms with van der Waals surface area (Å²) in [5.41, 5.74) is 0. The van der Waals surface area contributed by atoms with Crippen LogP contribution in [0.3, 0.4) is 0 Å². The average molecular weight is 87.1 g/mol. The van der Waals surface area contributed by atoms with Crippen LogP contribution in [0.15, 0.2) is 0 Å². The fourth-order valence-corrected chi connectivity index (χ4v) is 0. The van der Waals surface area contributed by atoms with E-state index in [1.165, 1.54) is 6.92 Å². The van der Waals surface area contributed by atoms with Crippen molar-refractivity contribution in [2.45, 2.75) is 20.8 Å². The molecule has 0 heterocycles. The van der Waals surface area contributed by atoms with E-state index in [9.17, 15) is 4.79 Å². The second kappa shape index (κ2) is 1.96. The molecular weight excluding hydrogens is 76.1 g/mol. The van der Waals surface area contributed by atoms with Crippen LogP contribution >= 0.6 is 0 Å². The van der Waals surface area contributed by atoms with Crippen molar-refractivity contribution in [2.75, 3.05) is 0 Å². The molecule has 0 unspecified atom stereocenters. The normalized spacial score (nSPS) is 13.5. The van der Waals surface area contributed by atoms with Crippen LogP contribution in [-0.2, 0) is 4.79 Å². The third-order valence-corrected chi connectivity index (χ3v) is 0.704. The maximum atomic E-state index is 10.3. The molecule has 1 heteroatoms. The lowest BCUT2D eigenvalue weighted by Gasteiger charge is -1.90. The van der Waals surface area contributed by atoms with Gasteiger partial charge >= 0.3 is 0 Å². The summed E-state index contributed by atoms with van der Waals surface area (Å²) in [6.07, 6.45) is 0. The molecule has 0 aromatic heterocycles. The van der Waals surface area contributed by atoms with Crippen LogP contribution in [0.4, 0.5) is 0 Å². The van der Waals surface area contributed by atoms with E-state index in [2.05, 4.69) is 0 Å². The monoisotopic (exact) mass is 87.1 g/mol. The molecule has 0 aliphatic carbocycles. The van der Waals surface area contributed by atoms with Crippen molar-refractivity contribution in [3.63, 3.8) is 0 Å². The van der Waals surface area contributed by atoms with Crippen LogP contribution in [-0.4, -0.2) is 5.78 Å². The first-order chi connectivity index (χ1) is 2.94. The Morgan fingerprint density at radius 1 is 1.83 bits per heavy atom. The van der Waals surface area contributed by atoms with E-state index in [4.69, 9.17) is 1.37 Å². The molecule has 0 aromatic carbocycles. The van der Waals surface area contributed by atoms with Gasteiger partial charge in [0.05, 0.1) is 0 Å². The van der Waals surface area contributed by atoms with Crippen LogP contribution in [0, 0.1) is 5.89 Å². The van der Waals surface area contributed by atoms with E-state index in [0.717, 1.165) is 0 Å². The summed E-state index contributed by atoms with van der Waals surface area (Å²) in [6.45, 7) is 4.58. The number of hydrogen-bond acceptors (Lipinski definition) is 1. The Labute approximate surface area is 39.8 Å². The van der Waals surface area contributed by atoms with Gasteiger partial charge in [-0.1, -0.05) is 13.8 Å². The summed E-state index contributed by atoms with van der Waals surface area (Å²) >= 11 is 0. The lowest BCUT2D eigenvalue weighted by molar-refractivity contribution is -0.119. The van der Waals surface area contributed by atoms with Crippen molar-refractivity contribution in [2.24, 2.45) is 5.89 Å². The first-order valence-electron chi connectivity index (χ1n) is 2.45. The molecule has 0 radical (unpaired) electrons. The van der Waals surface area contributed by atoms with Crippen LogP contribution in [0.2, 0.25) is 0 Å². The molecule has 6 heavy (non-hydrogen) atoms. The van der Waals surface area contributed by atoms with E-state index in [1.807, 2.05) is 0 Å². The number of rotatable bonds is 1. The fraction of sp³-hybridized carbons (Fsp3) is 0.800. The zero-order valence-electron chi connectivity index (χ0n) is 5.41. The van der Waals surface area contributed by atoms with Gasteiger partial charge in [-0.3, -0.25) is 4.79 Å². The van der Waals surface area contributed by atoms with Gasteiger partial charge in [0, 0.05) is 7.26 Å². The van der Waals surface area contributed by atoms with Gasteiger partial charge in [0.15, 0.2) is 0 Å². The minimum atomic E-state index is -0.889. The second-order valence-electron chi connectivity index (χ2n) is 1.56. The third-order valence-electron chi connectivity index (χ3n) is 0.704. The largest absolute Gasteiger partial charge is 0.300 e. The van der Waals surface area contributed by atoms with E-state index >= 15 is 0 Å².